The van der Waals surface area contributed by atoms with Crippen LogP contribution in [-0.2, 0) is 16.4 Å². The van der Waals surface area contributed by atoms with Gasteiger partial charge in [-0.25, -0.2) is 17.5 Å². The summed E-state index contributed by atoms with van der Waals surface area (Å²) in [4.78, 5) is 15.5. The first-order chi connectivity index (χ1) is 17.8. The molecule has 2 amide bonds. The second kappa shape index (κ2) is 12.6. The van der Waals surface area contributed by atoms with E-state index in [-0.39, 0.29) is 29.7 Å². The SMILES string of the molecule is N=C(N)c1cccc(N(C(=O)NC2CCN(S(=O)(=O)CCc3ccccc3)CC2)C2CCCCCC2)c1. The first kappa shape index (κ1) is 27.1. The van der Waals surface area contributed by atoms with Gasteiger partial charge in [-0.05, 0) is 49.8 Å². The van der Waals surface area contributed by atoms with Crippen LogP contribution in [0.4, 0.5) is 10.5 Å². The molecule has 37 heavy (non-hydrogen) atoms. The smallest absolute Gasteiger partial charge is 0.322 e. The lowest BCUT2D eigenvalue weighted by atomic mass is 10.0. The summed E-state index contributed by atoms with van der Waals surface area (Å²) in [6.45, 7) is 0.816. The van der Waals surface area contributed by atoms with Crippen LogP contribution in [0.15, 0.2) is 54.6 Å². The molecule has 4 N–H and O–H groups in total. The molecule has 1 aliphatic carbocycles. The molecule has 2 aromatic rings. The van der Waals surface area contributed by atoms with E-state index in [9.17, 15) is 13.2 Å². The topological polar surface area (TPSA) is 120 Å². The Kier molecular flexibility index (Phi) is 9.21. The molecule has 2 fully saturated rings. The molecule has 8 nitrogen and oxygen atoms in total. The van der Waals surface area contributed by atoms with Crippen molar-refractivity contribution in [2.45, 2.75) is 69.9 Å². The number of amides is 2. The Morgan fingerprint density at radius 1 is 0.973 bits per heavy atom. The van der Waals surface area contributed by atoms with Gasteiger partial charge in [0.25, 0.3) is 0 Å². The van der Waals surface area contributed by atoms with E-state index in [0.29, 0.717) is 37.9 Å². The molecule has 4 rings (SSSR count). The zero-order chi connectivity index (χ0) is 26.3. The lowest BCUT2D eigenvalue weighted by Crippen LogP contribution is -2.53. The Hall–Kier alpha value is -2.91. The number of carbonyl (C=O) groups excluding carboxylic acids is 1. The molecular weight excluding hydrogens is 486 g/mol. The molecule has 2 aromatic carbocycles. The minimum Gasteiger partial charge on any atom is -0.384 e. The van der Waals surface area contributed by atoms with Gasteiger partial charge >= 0.3 is 6.03 Å². The van der Waals surface area contributed by atoms with Crippen molar-refractivity contribution in [3.05, 3.63) is 65.7 Å². The Morgan fingerprint density at radius 2 is 1.65 bits per heavy atom. The molecule has 9 heteroatoms. The summed E-state index contributed by atoms with van der Waals surface area (Å²) in [5.41, 5.74) is 8.08. The van der Waals surface area contributed by atoms with Gasteiger partial charge in [0.2, 0.25) is 10.0 Å². The lowest BCUT2D eigenvalue weighted by Gasteiger charge is -2.36. The van der Waals surface area contributed by atoms with Crippen LogP contribution < -0.4 is 16.0 Å². The van der Waals surface area contributed by atoms with Gasteiger partial charge in [0, 0.05) is 36.4 Å². The lowest BCUT2D eigenvalue weighted by molar-refractivity contribution is 0.230. The fourth-order valence-electron chi connectivity index (χ4n) is 5.38. The summed E-state index contributed by atoms with van der Waals surface area (Å²) < 4.78 is 27.4. The van der Waals surface area contributed by atoms with Crippen molar-refractivity contribution in [3.63, 3.8) is 0 Å². The van der Waals surface area contributed by atoms with Crippen molar-refractivity contribution < 1.29 is 13.2 Å². The number of nitrogen functional groups attached to an aromatic ring is 1. The van der Waals surface area contributed by atoms with Crippen molar-refractivity contribution in [2.24, 2.45) is 5.73 Å². The minimum atomic E-state index is -3.35. The van der Waals surface area contributed by atoms with Gasteiger partial charge in [0.1, 0.15) is 5.84 Å². The highest BCUT2D eigenvalue weighted by atomic mass is 32.2. The summed E-state index contributed by atoms with van der Waals surface area (Å²) in [5, 5.41) is 11.0. The molecule has 2 aliphatic rings. The number of benzene rings is 2. The summed E-state index contributed by atoms with van der Waals surface area (Å²) >= 11 is 0. The maximum atomic E-state index is 13.6. The maximum absolute atomic E-state index is 13.6. The molecule has 1 heterocycles. The van der Waals surface area contributed by atoms with E-state index in [2.05, 4.69) is 5.32 Å². The molecule has 0 aromatic heterocycles. The van der Waals surface area contributed by atoms with E-state index < -0.39 is 10.0 Å². The first-order valence-corrected chi connectivity index (χ1v) is 15.0. The summed E-state index contributed by atoms with van der Waals surface area (Å²) in [7, 11) is -3.35. The third-order valence-electron chi connectivity index (χ3n) is 7.51. The molecular formula is C28H39N5O3S. The average molecular weight is 526 g/mol. The number of hydrogen-bond donors (Lipinski definition) is 3. The van der Waals surface area contributed by atoms with Gasteiger partial charge in [-0.3, -0.25) is 10.3 Å². The molecule has 0 bridgehead atoms. The number of amidine groups is 1. The van der Waals surface area contributed by atoms with Crippen LogP contribution in [0.25, 0.3) is 0 Å². The van der Waals surface area contributed by atoms with E-state index in [4.69, 9.17) is 11.1 Å². The van der Waals surface area contributed by atoms with Crippen molar-refractivity contribution in [3.8, 4) is 0 Å². The summed E-state index contributed by atoms with van der Waals surface area (Å²) in [5.74, 6) is 0.0691. The van der Waals surface area contributed by atoms with E-state index in [1.807, 2.05) is 53.4 Å². The zero-order valence-electron chi connectivity index (χ0n) is 21.4. The highest BCUT2D eigenvalue weighted by Crippen LogP contribution is 2.28. The standard InChI is InChI=1S/C28H39N5O3S/c29-27(30)23-11-8-14-26(21-23)33(25-12-6-1-2-7-13-25)28(34)31-24-15-18-32(19-16-24)37(35,36)20-17-22-9-4-3-5-10-22/h3-5,8-11,14,21,24-25H,1-2,6-7,12-13,15-20H2,(H3,29,30)(H,31,34). The Balaban J connectivity index is 1.39. The number of nitrogens with zero attached hydrogens (tertiary/aromatic N) is 2. The number of sulfonamides is 1. The van der Waals surface area contributed by atoms with Crippen LogP contribution in [0.3, 0.4) is 0 Å². The van der Waals surface area contributed by atoms with Gasteiger partial charge in [0.05, 0.1) is 5.75 Å². The molecule has 1 saturated carbocycles. The fourth-order valence-corrected chi connectivity index (χ4v) is 6.90. The molecule has 200 valence electrons. The number of anilines is 1. The van der Waals surface area contributed by atoms with Gasteiger partial charge in [-0.1, -0.05) is 68.1 Å². The van der Waals surface area contributed by atoms with Gasteiger partial charge in [-0.2, -0.15) is 0 Å². The number of piperidine rings is 1. The normalized spacial score (nSPS) is 18.2. The average Bonchev–Trinajstić information content (AvgIpc) is 3.18. The Morgan fingerprint density at radius 3 is 2.30 bits per heavy atom. The molecule has 0 spiro atoms. The summed E-state index contributed by atoms with van der Waals surface area (Å²) in [6.07, 6.45) is 8.07. The minimum absolute atomic E-state index is 0.0241. The van der Waals surface area contributed by atoms with Crippen LogP contribution >= 0.6 is 0 Å². The van der Waals surface area contributed by atoms with E-state index >= 15 is 0 Å². The van der Waals surface area contributed by atoms with Crippen LogP contribution in [0, 0.1) is 5.41 Å². The van der Waals surface area contributed by atoms with Crippen LogP contribution in [-0.4, -0.2) is 55.5 Å². The molecule has 0 atom stereocenters. The van der Waals surface area contributed by atoms with Crippen LogP contribution in [0.5, 0.6) is 0 Å². The van der Waals surface area contributed by atoms with E-state index in [1.54, 1.807) is 10.4 Å². The summed E-state index contributed by atoms with van der Waals surface area (Å²) in [6, 6.07) is 16.8. The van der Waals surface area contributed by atoms with Gasteiger partial charge < -0.3 is 11.1 Å². The number of hydrogen-bond acceptors (Lipinski definition) is 4. The Bertz CT molecular complexity index is 1160. The molecule has 1 aliphatic heterocycles. The second-order valence-electron chi connectivity index (χ2n) is 10.2. The zero-order valence-corrected chi connectivity index (χ0v) is 22.3. The monoisotopic (exact) mass is 525 g/mol. The number of carbonyl (C=O) groups is 1. The fraction of sp³-hybridized carbons (Fsp3) is 0.500. The molecule has 0 radical (unpaired) electrons. The van der Waals surface area contributed by atoms with Crippen molar-refractivity contribution in [1.29, 1.82) is 5.41 Å². The Labute approximate surface area is 220 Å². The van der Waals surface area contributed by atoms with Crippen molar-refractivity contribution in [1.82, 2.24) is 9.62 Å². The quantitative estimate of drug-likeness (QED) is 0.271. The largest absolute Gasteiger partial charge is 0.384 e. The first-order valence-electron chi connectivity index (χ1n) is 13.4. The highest BCUT2D eigenvalue weighted by molar-refractivity contribution is 7.89. The number of nitrogens with one attached hydrogen (secondary N) is 2. The third kappa shape index (κ3) is 7.32. The maximum Gasteiger partial charge on any atom is 0.322 e. The van der Waals surface area contributed by atoms with Gasteiger partial charge in [0.15, 0.2) is 0 Å². The molecule has 0 unspecified atom stereocenters. The third-order valence-corrected chi connectivity index (χ3v) is 9.38. The van der Waals surface area contributed by atoms with E-state index in [1.165, 1.54) is 12.8 Å². The van der Waals surface area contributed by atoms with Gasteiger partial charge in [-0.15, -0.1) is 0 Å². The highest BCUT2D eigenvalue weighted by Gasteiger charge is 2.32. The van der Waals surface area contributed by atoms with Crippen LogP contribution in [0.1, 0.15) is 62.5 Å². The predicted octanol–water partition coefficient (Wildman–Crippen LogP) is 4.25. The predicted molar refractivity (Wildman–Crippen MR) is 148 cm³/mol. The number of urea groups is 1. The van der Waals surface area contributed by atoms with E-state index in [0.717, 1.165) is 36.9 Å². The second-order valence-corrected chi connectivity index (χ2v) is 12.2. The number of rotatable bonds is 8. The number of aryl methyl sites for hydroxylation is 1. The van der Waals surface area contributed by atoms with Crippen molar-refractivity contribution >= 4 is 27.6 Å². The molecule has 1 saturated heterocycles. The number of nitrogens with two attached hydrogens (primary N) is 1. The van der Waals surface area contributed by atoms with Crippen molar-refractivity contribution in [2.75, 3.05) is 23.7 Å². The van der Waals surface area contributed by atoms with Crippen LogP contribution in [0.2, 0.25) is 0 Å².